The summed E-state index contributed by atoms with van der Waals surface area (Å²) in [6.07, 6.45) is 1.61. The van der Waals surface area contributed by atoms with Crippen LogP contribution < -0.4 is 24.4 Å². The molecule has 4 aromatic rings. The van der Waals surface area contributed by atoms with Crippen LogP contribution in [0.15, 0.2) is 74.0 Å². The zero-order chi connectivity index (χ0) is 30.1. The Morgan fingerprint density at radius 2 is 1.90 bits per heavy atom. The molecule has 3 heterocycles. The van der Waals surface area contributed by atoms with Crippen LogP contribution >= 0.6 is 34.5 Å². The topological polar surface area (TPSA) is 109 Å². The first kappa shape index (κ1) is 29.4. The van der Waals surface area contributed by atoms with Crippen molar-refractivity contribution >= 4 is 52.6 Å². The lowest BCUT2D eigenvalue weighted by atomic mass is 9.95. The van der Waals surface area contributed by atoms with Crippen molar-refractivity contribution in [3.05, 3.63) is 101 Å². The number of esters is 2. The van der Waals surface area contributed by atoms with E-state index in [9.17, 15) is 14.4 Å². The van der Waals surface area contributed by atoms with Crippen LogP contribution in [0.1, 0.15) is 38.1 Å². The molecular formula is C30H24Cl2N2O7S. The van der Waals surface area contributed by atoms with Crippen molar-refractivity contribution in [1.29, 1.82) is 0 Å². The zero-order valence-corrected chi connectivity index (χ0v) is 25.2. The first-order valence-corrected chi connectivity index (χ1v) is 14.3. The maximum atomic E-state index is 13.9. The highest BCUT2D eigenvalue weighted by atomic mass is 35.5. The molecule has 1 aliphatic heterocycles. The van der Waals surface area contributed by atoms with E-state index in [1.807, 2.05) is 0 Å². The average Bonchev–Trinajstić information content (AvgIpc) is 3.52. The summed E-state index contributed by atoms with van der Waals surface area (Å²) in [5.41, 5.74) is 1.42. The molecule has 1 atom stereocenters. The molecule has 216 valence electrons. The van der Waals surface area contributed by atoms with Gasteiger partial charge in [0.2, 0.25) is 0 Å². The summed E-state index contributed by atoms with van der Waals surface area (Å²) in [6.45, 7) is 4.81. The maximum Gasteiger partial charge on any atom is 0.338 e. The van der Waals surface area contributed by atoms with Crippen molar-refractivity contribution in [2.75, 3.05) is 13.7 Å². The Labute approximate surface area is 253 Å². The van der Waals surface area contributed by atoms with E-state index in [1.54, 1.807) is 68.5 Å². The number of methoxy groups -OCH3 is 1. The number of fused-ring (bicyclic) bond motifs is 1. The van der Waals surface area contributed by atoms with Crippen molar-refractivity contribution in [2.45, 2.75) is 26.8 Å². The maximum absolute atomic E-state index is 13.9. The molecule has 5 rings (SSSR count). The van der Waals surface area contributed by atoms with Crippen LogP contribution in [0.5, 0.6) is 11.5 Å². The summed E-state index contributed by atoms with van der Waals surface area (Å²) >= 11 is 13.5. The number of thiazole rings is 1. The van der Waals surface area contributed by atoms with E-state index in [2.05, 4.69) is 4.99 Å². The molecule has 0 bridgehead atoms. The van der Waals surface area contributed by atoms with Gasteiger partial charge in [0.1, 0.15) is 11.5 Å². The Morgan fingerprint density at radius 1 is 1.12 bits per heavy atom. The second kappa shape index (κ2) is 12.0. The van der Waals surface area contributed by atoms with Crippen LogP contribution in [0.3, 0.4) is 0 Å². The van der Waals surface area contributed by atoms with E-state index in [4.69, 9.17) is 41.8 Å². The van der Waals surface area contributed by atoms with Gasteiger partial charge >= 0.3 is 11.9 Å². The third kappa shape index (κ3) is 5.65. The number of hydrogen-bond acceptors (Lipinski definition) is 9. The molecule has 1 aliphatic rings. The molecule has 9 nitrogen and oxygen atoms in total. The molecule has 0 aliphatic carbocycles. The lowest BCUT2D eigenvalue weighted by molar-refractivity contribution is -0.139. The van der Waals surface area contributed by atoms with Gasteiger partial charge in [-0.3, -0.25) is 14.2 Å². The minimum Gasteiger partial charge on any atom is -0.493 e. The molecular weight excluding hydrogens is 603 g/mol. The normalized spacial score (nSPS) is 14.8. The Bertz CT molecular complexity index is 1940. The molecule has 12 heteroatoms. The number of carbonyl (C=O) groups excluding carboxylic acids is 2. The SMILES string of the molecule is CCOC(=O)C1=C(C)N=c2s/c(=C/c3ccc(-c4ccc(Cl)cc4Cl)o3)c(=O)n2[C@@H]1c1ccc(OC(C)=O)c(OC)c1. The molecule has 0 fully saturated rings. The summed E-state index contributed by atoms with van der Waals surface area (Å²) in [4.78, 5) is 43.6. The third-order valence-corrected chi connectivity index (χ3v) is 7.90. The summed E-state index contributed by atoms with van der Waals surface area (Å²) < 4.78 is 23.8. The number of furan rings is 1. The molecule has 0 amide bonds. The number of ether oxygens (including phenoxy) is 3. The first-order valence-electron chi connectivity index (χ1n) is 12.7. The van der Waals surface area contributed by atoms with Crippen LogP contribution in [0, 0.1) is 0 Å². The predicted molar refractivity (Wildman–Crippen MR) is 159 cm³/mol. The minimum absolute atomic E-state index is 0.139. The van der Waals surface area contributed by atoms with E-state index in [0.29, 0.717) is 47.7 Å². The fourth-order valence-corrected chi connectivity index (χ4v) is 6.12. The Morgan fingerprint density at radius 3 is 2.60 bits per heavy atom. The number of halogens is 2. The van der Waals surface area contributed by atoms with Gasteiger partial charge in [-0.1, -0.05) is 40.6 Å². The molecule has 42 heavy (non-hydrogen) atoms. The van der Waals surface area contributed by atoms with Crippen molar-refractivity contribution in [2.24, 2.45) is 4.99 Å². The van der Waals surface area contributed by atoms with Crippen LogP contribution in [-0.4, -0.2) is 30.2 Å². The van der Waals surface area contributed by atoms with Crippen LogP contribution in [-0.2, 0) is 14.3 Å². The van der Waals surface area contributed by atoms with Crippen molar-refractivity contribution in [3.8, 4) is 22.8 Å². The molecule has 0 radical (unpaired) electrons. The van der Waals surface area contributed by atoms with Crippen molar-refractivity contribution in [1.82, 2.24) is 4.57 Å². The van der Waals surface area contributed by atoms with Gasteiger partial charge in [-0.2, -0.15) is 0 Å². The number of nitrogens with zero attached hydrogens (tertiary/aromatic N) is 2. The molecule has 0 N–H and O–H groups in total. The van der Waals surface area contributed by atoms with Gasteiger partial charge in [0, 0.05) is 23.6 Å². The first-order chi connectivity index (χ1) is 20.1. The third-order valence-electron chi connectivity index (χ3n) is 6.37. The molecule has 0 saturated carbocycles. The Hall–Kier alpha value is -4.12. The standard InChI is InChI=1S/C30H24Cl2N2O7S/c1-5-39-29(37)26-15(2)33-30-34(27(26)17-6-10-23(40-16(3)35)24(12-17)38-4)28(36)25(42-30)14-19-8-11-22(41-19)20-9-7-18(31)13-21(20)32/h6-14,27H,5H2,1-4H3/b25-14+/t27-/m1/s1. The summed E-state index contributed by atoms with van der Waals surface area (Å²) in [5.74, 6) is 0.272. The number of allylic oxidation sites excluding steroid dienone is 1. The number of carbonyl (C=O) groups is 2. The van der Waals surface area contributed by atoms with Crippen LogP contribution in [0.2, 0.25) is 10.0 Å². The fourth-order valence-electron chi connectivity index (χ4n) is 4.59. The second-order valence-electron chi connectivity index (χ2n) is 9.13. The average molecular weight is 628 g/mol. The molecule has 0 unspecified atom stereocenters. The van der Waals surface area contributed by atoms with Gasteiger partial charge in [0.25, 0.3) is 5.56 Å². The zero-order valence-electron chi connectivity index (χ0n) is 22.9. The van der Waals surface area contributed by atoms with Gasteiger partial charge in [-0.15, -0.1) is 0 Å². The fraction of sp³-hybridized carbons (Fsp3) is 0.200. The van der Waals surface area contributed by atoms with Crippen LogP contribution in [0.25, 0.3) is 17.4 Å². The van der Waals surface area contributed by atoms with Gasteiger partial charge in [-0.25, -0.2) is 9.79 Å². The summed E-state index contributed by atoms with van der Waals surface area (Å²) in [7, 11) is 1.43. The van der Waals surface area contributed by atoms with Crippen LogP contribution in [0.4, 0.5) is 0 Å². The molecule has 2 aromatic heterocycles. The van der Waals surface area contributed by atoms with Gasteiger partial charge in [0.15, 0.2) is 16.3 Å². The van der Waals surface area contributed by atoms with Gasteiger partial charge in [0.05, 0.1) is 40.6 Å². The number of hydrogen-bond donors (Lipinski definition) is 0. The second-order valence-corrected chi connectivity index (χ2v) is 11.0. The smallest absolute Gasteiger partial charge is 0.338 e. The molecule has 0 saturated heterocycles. The lowest BCUT2D eigenvalue weighted by Crippen LogP contribution is -2.39. The largest absolute Gasteiger partial charge is 0.493 e. The monoisotopic (exact) mass is 626 g/mol. The number of rotatable bonds is 7. The van der Waals surface area contributed by atoms with E-state index in [0.717, 1.165) is 11.3 Å². The van der Waals surface area contributed by atoms with E-state index < -0.39 is 18.0 Å². The van der Waals surface area contributed by atoms with Gasteiger partial charge in [-0.05, 0) is 61.9 Å². The molecule has 0 spiro atoms. The van der Waals surface area contributed by atoms with E-state index in [1.165, 1.54) is 18.6 Å². The lowest BCUT2D eigenvalue weighted by Gasteiger charge is -2.25. The highest BCUT2D eigenvalue weighted by Gasteiger charge is 2.34. The van der Waals surface area contributed by atoms with Gasteiger partial charge < -0.3 is 18.6 Å². The Balaban J connectivity index is 1.65. The van der Waals surface area contributed by atoms with E-state index >= 15 is 0 Å². The number of benzene rings is 2. The highest BCUT2D eigenvalue weighted by molar-refractivity contribution is 7.07. The van der Waals surface area contributed by atoms with Crippen molar-refractivity contribution in [3.63, 3.8) is 0 Å². The highest BCUT2D eigenvalue weighted by Crippen LogP contribution is 2.36. The summed E-state index contributed by atoms with van der Waals surface area (Å²) in [6, 6.07) is 12.5. The quantitative estimate of drug-likeness (QED) is 0.202. The predicted octanol–water partition coefficient (Wildman–Crippen LogP) is 5.30. The Kier molecular flexibility index (Phi) is 8.40. The molecule has 2 aromatic carbocycles. The number of aromatic nitrogens is 1. The van der Waals surface area contributed by atoms with E-state index in [-0.39, 0.29) is 29.2 Å². The summed E-state index contributed by atoms with van der Waals surface area (Å²) in [5, 5.41) is 0.933. The van der Waals surface area contributed by atoms with Crippen molar-refractivity contribution < 1.29 is 28.2 Å². The minimum atomic E-state index is -0.886.